The molecule has 1 saturated carbocycles. The van der Waals surface area contributed by atoms with Gasteiger partial charge in [-0.2, -0.15) is 0 Å². The first kappa shape index (κ1) is 22.2. The maximum Gasteiger partial charge on any atom is 0.261 e. The highest BCUT2D eigenvalue weighted by Crippen LogP contribution is 2.22. The molecule has 3 rings (SSSR count). The minimum Gasteiger partial charge on any atom is -0.481 e. The average molecular weight is 431 g/mol. The molecule has 0 heterocycles. The highest BCUT2D eigenvalue weighted by atomic mass is 32.2. The number of benzene rings is 2. The first-order valence-corrected chi connectivity index (χ1v) is 11.9. The van der Waals surface area contributed by atoms with Crippen molar-refractivity contribution in [3.8, 4) is 5.75 Å². The first-order chi connectivity index (χ1) is 14.2. The molecule has 1 amide bonds. The van der Waals surface area contributed by atoms with Crippen molar-refractivity contribution in [2.75, 3.05) is 4.72 Å². The molecule has 0 unspecified atom stereocenters. The van der Waals surface area contributed by atoms with Gasteiger partial charge in [-0.3, -0.25) is 9.52 Å². The Bertz CT molecular complexity index is 961. The highest BCUT2D eigenvalue weighted by molar-refractivity contribution is 7.92. The molecule has 0 spiro atoms. The van der Waals surface area contributed by atoms with Crippen LogP contribution in [0, 0.1) is 13.8 Å². The fourth-order valence-electron chi connectivity index (χ4n) is 3.77. The number of carbonyl (C=O) groups is 1. The Balaban J connectivity index is 1.61. The zero-order valence-corrected chi connectivity index (χ0v) is 18.6. The Kier molecular flexibility index (Phi) is 7.02. The molecule has 0 aliphatic heterocycles. The van der Waals surface area contributed by atoms with Gasteiger partial charge >= 0.3 is 0 Å². The third kappa shape index (κ3) is 5.98. The summed E-state index contributed by atoms with van der Waals surface area (Å²) in [6.45, 7) is 5.54. The van der Waals surface area contributed by atoms with Crippen molar-refractivity contribution < 1.29 is 17.9 Å². The van der Waals surface area contributed by atoms with Crippen LogP contribution in [0.1, 0.15) is 50.2 Å². The third-order valence-electron chi connectivity index (χ3n) is 5.24. The lowest BCUT2D eigenvalue weighted by atomic mass is 9.95. The SMILES string of the molecule is Cc1cc(C)cc(NS(=O)(=O)c2ccc(O[C@H](C)C(=O)NC3CCCCC3)cc2)c1. The van der Waals surface area contributed by atoms with Crippen molar-refractivity contribution in [3.63, 3.8) is 0 Å². The van der Waals surface area contributed by atoms with Gasteiger partial charge in [0.1, 0.15) is 5.75 Å². The molecule has 7 heteroatoms. The molecule has 2 N–H and O–H groups in total. The minimum absolute atomic E-state index is 0.133. The lowest BCUT2D eigenvalue weighted by Crippen LogP contribution is -2.43. The maximum absolute atomic E-state index is 12.7. The molecule has 2 aromatic rings. The molecule has 1 fully saturated rings. The largest absolute Gasteiger partial charge is 0.481 e. The summed E-state index contributed by atoms with van der Waals surface area (Å²) in [4.78, 5) is 12.5. The highest BCUT2D eigenvalue weighted by Gasteiger charge is 2.21. The lowest BCUT2D eigenvalue weighted by Gasteiger charge is -2.24. The molecule has 30 heavy (non-hydrogen) atoms. The summed E-state index contributed by atoms with van der Waals surface area (Å²) in [6.07, 6.45) is 4.89. The second-order valence-corrected chi connectivity index (χ2v) is 9.74. The van der Waals surface area contributed by atoms with Crippen LogP contribution in [0.15, 0.2) is 47.4 Å². The molecule has 0 aromatic heterocycles. The fraction of sp³-hybridized carbons (Fsp3) is 0.435. The van der Waals surface area contributed by atoms with Gasteiger partial charge in [0.05, 0.1) is 4.90 Å². The minimum atomic E-state index is -3.71. The molecule has 0 bridgehead atoms. The van der Waals surface area contributed by atoms with Crippen molar-refractivity contribution in [1.29, 1.82) is 0 Å². The van der Waals surface area contributed by atoms with Crippen molar-refractivity contribution in [2.24, 2.45) is 0 Å². The van der Waals surface area contributed by atoms with Gasteiger partial charge in [0, 0.05) is 11.7 Å². The van der Waals surface area contributed by atoms with Crippen molar-refractivity contribution >= 4 is 21.6 Å². The number of sulfonamides is 1. The molecular weight excluding hydrogens is 400 g/mol. The smallest absolute Gasteiger partial charge is 0.261 e. The van der Waals surface area contributed by atoms with E-state index in [0.717, 1.165) is 36.8 Å². The van der Waals surface area contributed by atoms with Gasteiger partial charge in [0.15, 0.2) is 6.10 Å². The van der Waals surface area contributed by atoms with Gasteiger partial charge in [-0.25, -0.2) is 8.42 Å². The van der Waals surface area contributed by atoms with E-state index >= 15 is 0 Å². The number of aryl methyl sites for hydroxylation is 2. The van der Waals surface area contributed by atoms with Crippen LogP contribution in [-0.4, -0.2) is 26.5 Å². The predicted molar refractivity (Wildman–Crippen MR) is 118 cm³/mol. The molecule has 1 aliphatic rings. The van der Waals surface area contributed by atoms with E-state index in [2.05, 4.69) is 10.0 Å². The normalized spacial score (nSPS) is 16.0. The lowest BCUT2D eigenvalue weighted by molar-refractivity contribution is -0.128. The second-order valence-electron chi connectivity index (χ2n) is 8.06. The Labute approximate surface area is 179 Å². The Morgan fingerprint density at radius 1 is 1.00 bits per heavy atom. The van der Waals surface area contributed by atoms with Crippen LogP contribution in [0.5, 0.6) is 5.75 Å². The van der Waals surface area contributed by atoms with E-state index in [1.165, 1.54) is 18.6 Å². The maximum atomic E-state index is 12.7. The number of hydrogen-bond donors (Lipinski definition) is 2. The van der Waals surface area contributed by atoms with Crippen LogP contribution >= 0.6 is 0 Å². The van der Waals surface area contributed by atoms with Gasteiger partial charge in [-0.15, -0.1) is 0 Å². The molecule has 2 aromatic carbocycles. The Morgan fingerprint density at radius 2 is 1.60 bits per heavy atom. The van der Waals surface area contributed by atoms with E-state index in [-0.39, 0.29) is 16.8 Å². The molecule has 1 atom stereocenters. The molecule has 6 nitrogen and oxygen atoms in total. The number of anilines is 1. The van der Waals surface area contributed by atoms with Gasteiger partial charge in [-0.05, 0) is 81.1 Å². The van der Waals surface area contributed by atoms with E-state index in [4.69, 9.17) is 4.74 Å². The summed E-state index contributed by atoms with van der Waals surface area (Å²) in [5, 5.41) is 3.04. The number of amides is 1. The number of carbonyl (C=O) groups excluding carboxylic acids is 1. The second kappa shape index (κ2) is 9.51. The van der Waals surface area contributed by atoms with E-state index in [0.29, 0.717) is 11.4 Å². The van der Waals surface area contributed by atoms with E-state index in [1.54, 1.807) is 31.2 Å². The van der Waals surface area contributed by atoms with Gasteiger partial charge in [0.2, 0.25) is 0 Å². The van der Waals surface area contributed by atoms with Crippen LogP contribution in [0.25, 0.3) is 0 Å². The zero-order chi connectivity index (χ0) is 21.7. The summed E-state index contributed by atoms with van der Waals surface area (Å²) in [5.74, 6) is 0.307. The average Bonchev–Trinajstić information content (AvgIpc) is 2.68. The summed E-state index contributed by atoms with van der Waals surface area (Å²) in [5.41, 5.74) is 2.50. The number of hydrogen-bond acceptors (Lipinski definition) is 4. The van der Waals surface area contributed by atoms with Gasteiger partial charge in [0.25, 0.3) is 15.9 Å². The third-order valence-corrected chi connectivity index (χ3v) is 6.64. The zero-order valence-electron chi connectivity index (χ0n) is 17.8. The molecule has 162 valence electrons. The standard InChI is InChI=1S/C23H30N2O4S/c1-16-13-17(2)15-20(14-16)25-30(27,28)22-11-9-21(10-12-22)29-18(3)23(26)24-19-7-5-4-6-8-19/h9-15,18-19,25H,4-8H2,1-3H3,(H,24,26)/t18-/m1/s1. The van der Waals surface area contributed by atoms with Gasteiger partial charge in [-0.1, -0.05) is 25.3 Å². The van der Waals surface area contributed by atoms with Crippen molar-refractivity contribution in [3.05, 3.63) is 53.6 Å². The van der Waals surface area contributed by atoms with Crippen LogP contribution in [0.4, 0.5) is 5.69 Å². The molecule has 1 aliphatic carbocycles. The van der Waals surface area contributed by atoms with Crippen molar-refractivity contribution in [1.82, 2.24) is 5.32 Å². The topological polar surface area (TPSA) is 84.5 Å². The van der Waals surface area contributed by atoms with Crippen LogP contribution in [0.3, 0.4) is 0 Å². The predicted octanol–water partition coefficient (Wildman–Crippen LogP) is 4.32. The number of nitrogens with one attached hydrogen (secondary N) is 2. The number of rotatable bonds is 7. The Hall–Kier alpha value is -2.54. The van der Waals surface area contributed by atoms with E-state index in [9.17, 15) is 13.2 Å². The summed E-state index contributed by atoms with van der Waals surface area (Å²) >= 11 is 0. The summed E-state index contributed by atoms with van der Waals surface area (Å²) in [6, 6.07) is 11.9. The quantitative estimate of drug-likeness (QED) is 0.685. The monoisotopic (exact) mass is 430 g/mol. The molecule has 0 radical (unpaired) electrons. The van der Waals surface area contributed by atoms with Crippen molar-refractivity contribution in [2.45, 2.75) is 69.9 Å². The fourth-order valence-corrected chi connectivity index (χ4v) is 4.81. The van der Waals surface area contributed by atoms with Crippen LogP contribution < -0.4 is 14.8 Å². The van der Waals surface area contributed by atoms with E-state index < -0.39 is 16.1 Å². The Morgan fingerprint density at radius 3 is 2.20 bits per heavy atom. The molecular formula is C23H30N2O4S. The molecule has 0 saturated heterocycles. The summed E-state index contributed by atoms with van der Waals surface area (Å²) < 4.78 is 33.7. The van der Waals surface area contributed by atoms with Crippen LogP contribution in [-0.2, 0) is 14.8 Å². The van der Waals surface area contributed by atoms with E-state index in [1.807, 2.05) is 19.9 Å². The summed E-state index contributed by atoms with van der Waals surface area (Å²) in [7, 11) is -3.71. The number of ether oxygens (including phenoxy) is 1. The van der Waals surface area contributed by atoms with Crippen LogP contribution in [0.2, 0.25) is 0 Å². The van der Waals surface area contributed by atoms with Gasteiger partial charge < -0.3 is 10.1 Å². The first-order valence-electron chi connectivity index (χ1n) is 10.4.